The molecule has 0 saturated carbocycles. The van der Waals surface area contributed by atoms with Gasteiger partial charge in [0.2, 0.25) is 0 Å². The van der Waals surface area contributed by atoms with Gasteiger partial charge in [-0.15, -0.1) is 6.42 Å². The molecule has 204 valence electrons. The van der Waals surface area contributed by atoms with Crippen molar-refractivity contribution in [2.75, 3.05) is 11.8 Å². The number of sulfonamides is 1. The van der Waals surface area contributed by atoms with Crippen molar-refractivity contribution >= 4 is 32.7 Å². The number of ether oxygens (including phenoxy) is 2. The Morgan fingerprint density at radius 2 is 2.00 bits per heavy atom. The number of nitrogens with zero attached hydrogens (tertiary/aromatic N) is 3. The molecule has 0 bridgehead atoms. The van der Waals surface area contributed by atoms with Crippen molar-refractivity contribution in [1.82, 2.24) is 20.3 Å². The summed E-state index contributed by atoms with van der Waals surface area (Å²) in [6.45, 7) is -1.08. The van der Waals surface area contributed by atoms with Crippen LogP contribution in [0.4, 0.5) is 14.6 Å². The van der Waals surface area contributed by atoms with Gasteiger partial charge in [0.05, 0.1) is 19.9 Å². The molecule has 4 rings (SSSR count). The Labute approximate surface area is 222 Å². The van der Waals surface area contributed by atoms with Gasteiger partial charge in [-0.2, -0.15) is 13.9 Å². The van der Waals surface area contributed by atoms with E-state index in [1.807, 2.05) is 12.8 Å². The van der Waals surface area contributed by atoms with Gasteiger partial charge in [0.15, 0.2) is 11.4 Å². The number of aryl methyl sites for hydroxylation is 1. The number of benzene rings is 2. The van der Waals surface area contributed by atoms with Crippen molar-refractivity contribution in [2.24, 2.45) is 0 Å². The molecule has 2 heterocycles. The lowest BCUT2D eigenvalue weighted by molar-refractivity contribution is -0.115. The molecule has 2 aromatic carbocycles. The molecule has 0 atom stereocenters. The monoisotopic (exact) mass is 559 g/mol. The second kappa shape index (κ2) is 11.4. The predicted molar refractivity (Wildman–Crippen MR) is 136 cm³/mol. The van der Waals surface area contributed by atoms with E-state index >= 15 is 0 Å². The number of rotatable bonds is 11. The van der Waals surface area contributed by atoms with Gasteiger partial charge in [0.1, 0.15) is 21.8 Å². The van der Waals surface area contributed by atoms with Crippen LogP contribution < -0.4 is 19.5 Å². The molecule has 0 aliphatic heterocycles. The fourth-order valence-corrected chi connectivity index (χ4v) is 5.00. The Bertz CT molecular complexity index is 1660. The van der Waals surface area contributed by atoms with Gasteiger partial charge in [-0.25, -0.2) is 8.42 Å². The van der Waals surface area contributed by atoms with Crippen LogP contribution in [0.5, 0.6) is 11.5 Å². The first-order chi connectivity index (χ1) is 18.6. The van der Waals surface area contributed by atoms with E-state index in [2.05, 4.69) is 20.3 Å². The van der Waals surface area contributed by atoms with Gasteiger partial charge in [0.25, 0.3) is 15.9 Å². The summed E-state index contributed by atoms with van der Waals surface area (Å²) in [6, 6.07) is 7.51. The second-order valence-corrected chi connectivity index (χ2v) is 9.85. The van der Waals surface area contributed by atoms with Crippen molar-refractivity contribution in [1.29, 1.82) is 0 Å². The topological polar surface area (TPSA) is 138 Å². The van der Waals surface area contributed by atoms with Crippen molar-refractivity contribution in [3.05, 3.63) is 59.4 Å². The van der Waals surface area contributed by atoms with Crippen molar-refractivity contribution in [3.63, 3.8) is 0 Å². The van der Waals surface area contributed by atoms with Gasteiger partial charge in [-0.1, -0.05) is 18.1 Å². The van der Waals surface area contributed by atoms with Gasteiger partial charge >= 0.3 is 6.61 Å². The third-order valence-corrected chi connectivity index (χ3v) is 6.95. The number of amides is 1. The number of carbonyl (C=O) groups excluding carboxylic acids is 1. The Morgan fingerprint density at radius 3 is 2.69 bits per heavy atom. The summed E-state index contributed by atoms with van der Waals surface area (Å²) in [7, 11) is -2.93. The van der Waals surface area contributed by atoms with Crippen LogP contribution >= 0.6 is 0 Å². The maximum absolute atomic E-state index is 13.3. The highest BCUT2D eigenvalue weighted by Crippen LogP contribution is 2.37. The largest absolute Gasteiger partial charge is 0.495 e. The molecule has 14 heteroatoms. The average molecular weight is 560 g/mol. The number of hydrogen-bond donors (Lipinski definition) is 2. The number of halogens is 2. The molecule has 11 nitrogen and oxygen atoms in total. The number of hydrogen-bond acceptors (Lipinski definition) is 8. The number of methoxy groups -OCH3 is 1. The van der Waals surface area contributed by atoms with Crippen molar-refractivity contribution in [2.45, 2.75) is 37.9 Å². The minimum Gasteiger partial charge on any atom is -0.495 e. The maximum Gasteiger partial charge on any atom is 0.387 e. The molecule has 0 radical (unpaired) electrons. The zero-order chi connectivity index (χ0) is 28.2. The first-order valence-corrected chi connectivity index (χ1v) is 12.9. The number of carbonyl (C=O) groups is 1. The standard InChI is InChI=1S/C25H23F2N5O6S/c1-4-15-6-7-18(36-3)21(10-15)39(34,35)31-24-23-19(37-25(26)27)8-16(9-20(23)38-30-24)13-32-14-17(12-29-32)11-28-22(33)5-2/h2,6-10,12,14,25H,4,11,13H2,1,3H3,(H,28,33)(H,30,31). The third kappa shape index (κ3) is 6.27. The smallest absolute Gasteiger partial charge is 0.387 e. The van der Waals surface area contributed by atoms with Gasteiger partial charge in [-0.3, -0.25) is 14.2 Å². The fraction of sp³-hybridized carbons (Fsp3) is 0.240. The Hall–Kier alpha value is -4.64. The van der Waals surface area contributed by atoms with E-state index in [0.717, 1.165) is 5.56 Å². The summed E-state index contributed by atoms with van der Waals surface area (Å²) >= 11 is 0. The summed E-state index contributed by atoms with van der Waals surface area (Å²) in [4.78, 5) is 11.1. The summed E-state index contributed by atoms with van der Waals surface area (Å²) in [6.07, 6.45) is 8.74. The molecular weight excluding hydrogens is 536 g/mol. The molecule has 0 aliphatic carbocycles. The van der Waals surface area contributed by atoms with Crippen LogP contribution in [-0.4, -0.2) is 43.0 Å². The third-order valence-electron chi connectivity index (χ3n) is 5.59. The maximum atomic E-state index is 13.3. The SMILES string of the molecule is C#CC(=O)NCc1cnn(Cc2cc(OC(F)F)c3c(NS(=O)(=O)c4cc(CC)ccc4OC)noc3c2)c1. The quantitative estimate of drug-likeness (QED) is 0.267. The number of terminal acetylenes is 1. The summed E-state index contributed by atoms with van der Waals surface area (Å²) in [5, 5.41) is 10.4. The molecule has 4 aromatic rings. The molecule has 2 N–H and O–H groups in total. The minimum absolute atomic E-state index is 0.00351. The van der Waals surface area contributed by atoms with Crippen molar-refractivity contribution < 1.29 is 36.0 Å². The number of fused-ring (bicyclic) bond motifs is 1. The molecular formula is C25H23F2N5O6S. The lowest BCUT2D eigenvalue weighted by atomic mass is 10.1. The first kappa shape index (κ1) is 27.4. The van der Waals surface area contributed by atoms with E-state index in [9.17, 15) is 22.0 Å². The highest BCUT2D eigenvalue weighted by Gasteiger charge is 2.26. The van der Waals surface area contributed by atoms with Crippen LogP contribution in [0.15, 0.2) is 52.1 Å². The highest BCUT2D eigenvalue weighted by molar-refractivity contribution is 7.92. The van der Waals surface area contributed by atoms with E-state index in [1.165, 1.54) is 42.3 Å². The summed E-state index contributed by atoms with van der Waals surface area (Å²) in [5.74, 6) is 0.779. The van der Waals surface area contributed by atoms with E-state index in [1.54, 1.807) is 12.3 Å². The molecule has 1 amide bonds. The Morgan fingerprint density at radius 1 is 1.21 bits per heavy atom. The lowest BCUT2D eigenvalue weighted by Crippen LogP contribution is -2.20. The minimum atomic E-state index is -4.26. The molecule has 0 saturated heterocycles. The zero-order valence-electron chi connectivity index (χ0n) is 20.8. The molecule has 39 heavy (non-hydrogen) atoms. The van der Waals surface area contributed by atoms with E-state index in [4.69, 9.17) is 20.4 Å². The zero-order valence-corrected chi connectivity index (χ0v) is 21.6. The molecule has 0 fully saturated rings. The van der Waals surface area contributed by atoms with E-state index < -0.39 is 22.5 Å². The summed E-state index contributed by atoms with van der Waals surface area (Å²) in [5.41, 5.74) is 1.85. The van der Waals surface area contributed by atoms with Crippen LogP contribution in [-0.2, 0) is 34.3 Å². The molecule has 2 aromatic heterocycles. The predicted octanol–water partition coefficient (Wildman–Crippen LogP) is 3.30. The van der Waals surface area contributed by atoms with Crippen LogP contribution in [0.25, 0.3) is 11.0 Å². The van der Waals surface area contributed by atoms with Gasteiger partial charge in [-0.05, 0) is 47.7 Å². The first-order valence-electron chi connectivity index (χ1n) is 11.5. The van der Waals surface area contributed by atoms with Crippen molar-refractivity contribution in [3.8, 4) is 23.8 Å². The second-order valence-electron chi connectivity index (χ2n) is 8.19. The Kier molecular flexibility index (Phi) is 8.01. The molecule has 0 aliphatic rings. The highest BCUT2D eigenvalue weighted by atomic mass is 32.2. The lowest BCUT2D eigenvalue weighted by Gasteiger charge is -2.13. The van der Waals surface area contributed by atoms with E-state index in [-0.39, 0.29) is 46.3 Å². The fourth-order valence-electron chi connectivity index (χ4n) is 3.78. The average Bonchev–Trinajstić information content (AvgIpc) is 3.52. The number of alkyl halides is 2. The van der Waals surface area contributed by atoms with Crippen LogP contribution in [0.3, 0.4) is 0 Å². The molecule has 0 spiro atoms. The Balaban J connectivity index is 1.66. The summed E-state index contributed by atoms with van der Waals surface area (Å²) < 4.78 is 72.1. The van der Waals surface area contributed by atoms with Crippen LogP contribution in [0.2, 0.25) is 0 Å². The van der Waals surface area contributed by atoms with E-state index in [0.29, 0.717) is 17.5 Å². The number of anilines is 1. The van der Waals surface area contributed by atoms with Crippen LogP contribution in [0.1, 0.15) is 23.6 Å². The number of aromatic nitrogens is 3. The number of nitrogens with one attached hydrogen (secondary N) is 2. The van der Waals surface area contributed by atoms with Gasteiger partial charge in [0, 0.05) is 18.3 Å². The van der Waals surface area contributed by atoms with Gasteiger partial charge < -0.3 is 19.3 Å². The van der Waals surface area contributed by atoms with Crippen LogP contribution in [0, 0.1) is 12.3 Å². The normalized spacial score (nSPS) is 11.4. The molecule has 0 unspecified atom stereocenters.